The highest BCUT2D eigenvalue weighted by atomic mass is 19.1. The molecule has 0 heterocycles. The third-order valence-electron chi connectivity index (χ3n) is 3.11. The van der Waals surface area contributed by atoms with Crippen molar-refractivity contribution < 1.29 is 9.18 Å². The Hall–Kier alpha value is -2.22. The van der Waals surface area contributed by atoms with E-state index < -0.39 is 0 Å². The third-order valence-corrected chi connectivity index (χ3v) is 3.11. The van der Waals surface area contributed by atoms with Crippen LogP contribution in [0, 0.1) is 19.7 Å². The number of carbonyl (C=O) groups excluding carboxylic acids is 1. The highest BCUT2D eigenvalue weighted by molar-refractivity contribution is 6.06. The molecule has 2 aromatic carbocycles. The molecule has 0 fully saturated rings. The molecule has 0 saturated carbocycles. The molecule has 0 atom stereocenters. The summed E-state index contributed by atoms with van der Waals surface area (Å²) in [6, 6.07) is 11.9. The van der Waals surface area contributed by atoms with Crippen LogP contribution in [0.5, 0.6) is 0 Å². The molecule has 2 rings (SSSR count). The van der Waals surface area contributed by atoms with Crippen molar-refractivity contribution in [2.24, 2.45) is 0 Å². The van der Waals surface area contributed by atoms with Crippen molar-refractivity contribution in [1.82, 2.24) is 0 Å². The number of benzene rings is 2. The summed E-state index contributed by atoms with van der Waals surface area (Å²) in [5, 5.41) is 0. The van der Waals surface area contributed by atoms with Crippen LogP contribution >= 0.6 is 0 Å². The molecule has 0 radical (unpaired) electrons. The minimum Gasteiger partial charge on any atom is -0.289 e. The van der Waals surface area contributed by atoms with Crippen molar-refractivity contribution in [1.29, 1.82) is 0 Å². The zero-order chi connectivity index (χ0) is 13.8. The fraction of sp³-hybridized carbons (Fsp3) is 0.118. The van der Waals surface area contributed by atoms with E-state index >= 15 is 0 Å². The molecule has 0 spiro atoms. The van der Waals surface area contributed by atoms with Gasteiger partial charge in [0.2, 0.25) is 0 Å². The number of allylic oxidation sites excluding steroid dienone is 1. The Morgan fingerprint density at radius 1 is 1.05 bits per heavy atom. The van der Waals surface area contributed by atoms with Crippen LogP contribution in [-0.2, 0) is 0 Å². The SMILES string of the molecule is Cc1ccc(C(=O)/C=C/c2ccccc2F)cc1C. The largest absolute Gasteiger partial charge is 0.289 e. The first kappa shape index (κ1) is 13.2. The molecular weight excluding hydrogens is 239 g/mol. The van der Waals surface area contributed by atoms with Crippen LogP contribution in [-0.4, -0.2) is 5.78 Å². The maximum absolute atomic E-state index is 13.4. The van der Waals surface area contributed by atoms with Gasteiger partial charge in [-0.15, -0.1) is 0 Å². The number of rotatable bonds is 3. The molecule has 0 N–H and O–H groups in total. The van der Waals surface area contributed by atoms with Gasteiger partial charge in [0, 0.05) is 11.1 Å². The lowest BCUT2D eigenvalue weighted by Crippen LogP contribution is -1.96. The van der Waals surface area contributed by atoms with E-state index in [0.717, 1.165) is 11.1 Å². The Labute approximate surface area is 112 Å². The van der Waals surface area contributed by atoms with Gasteiger partial charge >= 0.3 is 0 Å². The second kappa shape index (κ2) is 5.61. The van der Waals surface area contributed by atoms with Crippen LogP contribution in [0.4, 0.5) is 4.39 Å². The standard InChI is InChI=1S/C17H15FO/c1-12-7-8-15(11-13(12)2)17(19)10-9-14-5-3-4-6-16(14)18/h3-11H,1-2H3/b10-9+. The van der Waals surface area contributed by atoms with Crippen LogP contribution in [0.1, 0.15) is 27.0 Å². The van der Waals surface area contributed by atoms with Crippen molar-refractivity contribution >= 4 is 11.9 Å². The minimum absolute atomic E-state index is 0.119. The maximum atomic E-state index is 13.4. The summed E-state index contributed by atoms with van der Waals surface area (Å²) >= 11 is 0. The van der Waals surface area contributed by atoms with E-state index in [-0.39, 0.29) is 11.6 Å². The molecule has 0 bridgehead atoms. The molecule has 96 valence electrons. The number of hydrogen-bond acceptors (Lipinski definition) is 1. The highest BCUT2D eigenvalue weighted by Gasteiger charge is 2.04. The van der Waals surface area contributed by atoms with Crippen molar-refractivity contribution in [2.75, 3.05) is 0 Å². The Kier molecular flexibility index (Phi) is 3.91. The molecule has 0 aliphatic heterocycles. The molecule has 0 saturated heterocycles. The topological polar surface area (TPSA) is 17.1 Å². The smallest absolute Gasteiger partial charge is 0.185 e. The highest BCUT2D eigenvalue weighted by Crippen LogP contribution is 2.13. The zero-order valence-corrected chi connectivity index (χ0v) is 11.0. The number of hydrogen-bond donors (Lipinski definition) is 0. The zero-order valence-electron chi connectivity index (χ0n) is 11.0. The molecule has 0 unspecified atom stereocenters. The van der Waals surface area contributed by atoms with Gasteiger partial charge in [0.05, 0.1) is 0 Å². The summed E-state index contributed by atoms with van der Waals surface area (Å²) in [5.74, 6) is -0.446. The van der Waals surface area contributed by atoms with Gasteiger partial charge in [0.1, 0.15) is 5.82 Å². The molecule has 0 aliphatic carbocycles. The van der Waals surface area contributed by atoms with Crippen LogP contribution in [0.3, 0.4) is 0 Å². The summed E-state index contributed by atoms with van der Waals surface area (Å²) in [7, 11) is 0. The first-order chi connectivity index (χ1) is 9.08. The Balaban J connectivity index is 2.21. The van der Waals surface area contributed by atoms with E-state index in [0.29, 0.717) is 11.1 Å². The van der Waals surface area contributed by atoms with E-state index in [1.807, 2.05) is 26.0 Å². The van der Waals surface area contributed by atoms with E-state index in [9.17, 15) is 9.18 Å². The molecule has 0 aliphatic rings. The molecule has 0 amide bonds. The van der Waals surface area contributed by atoms with Crippen LogP contribution in [0.15, 0.2) is 48.5 Å². The van der Waals surface area contributed by atoms with Gasteiger partial charge in [-0.3, -0.25) is 4.79 Å². The molecule has 2 heteroatoms. The lowest BCUT2D eigenvalue weighted by Gasteiger charge is -2.02. The summed E-state index contributed by atoms with van der Waals surface area (Å²) < 4.78 is 13.4. The minimum atomic E-state index is -0.327. The van der Waals surface area contributed by atoms with Crippen LogP contribution in [0.2, 0.25) is 0 Å². The van der Waals surface area contributed by atoms with Crippen molar-refractivity contribution in [3.63, 3.8) is 0 Å². The van der Waals surface area contributed by atoms with Crippen molar-refractivity contribution in [3.8, 4) is 0 Å². The average Bonchev–Trinajstić information content (AvgIpc) is 2.40. The molecule has 19 heavy (non-hydrogen) atoms. The van der Waals surface area contributed by atoms with Gasteiger partial charge in [-0.05, 0) is 49.3 Å². The summed E-state index contributed by atoms with van der Waals surface area (Å²) in [6.45, 7) is 3.96. The Morgan fingerprint density at radius 2 is 1.79 bits per heavy atom. The summed E-state index contributed by atoms with van der Waals surface area (Å²) in [4.78, 5) is 12.0. The summed E-state index contributed by atoms with van der Waals surface area (Å²) in [5.41, 5.74) is 3.26. The van der Waals surface area contributed by atoms with Crippen LogP contribution < -0.4 is 0 Å². The monoisotopic (exact) mass is 254 g/mol. The first-order valence-corrected chi connectivity index (χ1v) is 6.12. The van der Waals surface area contributed by atoms with E-state index in [1.54, 1.807) is 24.3 Å². The van der Waals surface area contributed by atoms with Gasteiger partial charge in [-0.1, -0.05) is 30.3 Å². The maximum Gasteiger partial charge on any atom is 0.185 e. The van der Waals surface area contributed by atoms with E-state index in [2.05, 4.69) is 0 Å². The fourth-order valence-corrected chi connectivity index (χ4v) is 1.77. The van der Waals surface area contributed by atoms with Gasteiger partial charge < -0.3 is 0 Å². The third kappa shape index (κ3) is 3.16. The van der Waals surface area contributed by atoms with Crippen LogP contribution in [0.25, 0.3) is 6.08 Å². The molecular formula is C17H15FO. The number of carbonyl (C=O) groups is 1. The average molecular weight is 254 g/mol. The Bertz CT molecular complexity index is 641. The van der Waals surface area contributed by atoms with Gasteiger partial charge in [-0.25, -0.2) is 4.39 Å². The number of aryl methyl sites for hydroxylation is 2. The van der Waals surface area contributed by atoms with Gasteiger partial charge in [0.25, 0.3) is 0 Å². The first-order valence-electron chi connectivity index (χ1n) is 6.12. The van der Waals surface area contributed by atoms with Gasteiger partial charge in [-0.2, -0.15) is 0 Å². The number of ketones is 1. The lowest BCUT2D eigenvalue weighted by molar-refractivity contribution is 0.104. The molecule has 2 aromatic rings. The second-order valence-corrected chi connectivity index (χ2v) is 4.52. The molecule has 1 nitrogen and oxygen atoms in total. The van der Waals surface area contributed by atoms with E-state index in [4.69, 9.17) is 0 Å². The van der Waals surface area contributed by atoms with E-state index in [1.165, 1.54) is 18.2 Å². The normalized spacial score (nSPS) is 10.9. The lowest BCUT2D eigenvalue weighted by atomic mass is 10.0. The Morgan fingerprint density at radius 3 is 2.47 bits per heavy atom. The van der Waals surface area contributed by atoms with Crippen molar-refractivity contribution in [3.05, 3.63) is 76.6 Å². The summed E-state index contributed by atoms with van der Waals surface area (Å²) in [6.07, 6.45) is 2.91. The predicted molar refractivity (Wildman–Crippen MR) is 75.7 cm³/mol. The van der Waals surface area contributed by atoms with Gasteiger partial charge in [0.15, 0.2) is 5.78 Å². The quantitative estimate of drug-likeness (QED) is 0.588. The molecule has 0 aromatic heterocycles. The fourth-order valence-electron chi connectivity index (χ4n) is 1.77. The van der Waals surface area contributed by atoms with Crippen molar-refractivity contribution in [2.45, 2.75) is 13.8 Å². The second-order valence-electron chi connectivity index (χ2n) is 4.52. The predicted octanol–water partition coefficient (Wildman–Crippen LogP) is 4.34. The number of halogens is 1.